The number of hydrogen-bond donors (Lipinski definition) is 1. The maximum absolute atomic E-state index is 12.3. The van der Waals surface area contributed by atoms with Crippen molar-refractivity contribution < 1.29 is 9.53 Å². The van der Waals surface area contributed by atoms with Crippen LogP contribution >= 0.6 is 11.3 Å². The van der Waals surface area contributed by atoms with Gasteiger partial charge < -0.3 is 9.30 Å². The van der Waals surface area contributed by atoms with Crippen LogP contribution in [0.25, 0.3) is 33.5 Å². The van der Waals surface area contributed by atoms with E-state index in [-0.39, 0.29) is 5.97 Å². The summed E-state index contributed by atoms with van der Waals surface area (Å²) in [6.45, 7) is 2.75. The highest BCUT2D eigenvalue weighted by Crippen LogP contribution is 2.31. The second-order valence-electron chi connectivity index (χ2n) is 7.63. The van der Waals surface area contributed by atoms with Crippen LogP contribution in [0.3, 0.4) is 0 Å². The number of rotatable bonds is 7. The summed E-state index contributed by atoms with van der Waals surface area (Å²) >= 11 is 1.38. The quantitative estimate of drug-likeness (QED) is 0.354. The number of aromatic nitrogens is 6. The molecule has 0 radical (unpaired) electrons. The number of H-pyrrole nitrogens is 1. The van der Waals surface area contributed by atoms with E-state index in [4.69, 9.17) is 9.72 Å². The van der Waals surface area contributed by atoms with Crippen LogP contribution in [0.2, 0.25) is 0 Å². The molecule has 8 nitrogen and oxygen atoms in total. The molecule has 0 atom stereocenters. The van der Waals surface area contributed by atoms with Gasteiger partial charge in [-0.25, -0.2) is 9.78 Å². The fraction of sp³-hybridized carbons (Fsp3) is 0.208. The van der Waals surface area contributed by atoms with Gasteiger partial charge in [0.05, 0.1) is 12.6 Å². The van der Waals surface area contributed by atoms with Crippen molar-refractivity contribution in [2.24, 2.45) is 0 Å². The summed E-state index contributed by atoms with van der Waals surface area (Å²) in [5, 5.41) is 16.4. The van der Waals surface area contributed by atoms with Crippen molar-refractivity contribution in [3.05, 3.63) is 70.2 Å². The fourth-order valence-corrected chi connectivity index (χ4v) is 4.91. The van der Waals surface area contributed by atoms with Gasteiger partial charge in [-0.05, 0) is 28.3 Å². The third-order valence-corrected chi connectivity index (χ3v) is 6.48. The molecule has 0 bridgehead atoms. The number of thiophene rings is 1. The van der Waals surface area contributed by atoms with Gasteiger partial charge in [-0.15, -0.1) is 21.5 Å². The molecule has 0 aliphatic heterocycles. The molecule has 0 aliphatic rings. The second-order valence-corrected chi connectivity index (χ2v) is 8.51. The van der Waals surface area contributed by atoms with E-state index in [1.165, 1.54) is 18.4 Å². The summed E-state index contributed by atoms with van der Waals surface area (Å²) in [5.74, 6) is 1.21. The number of nitrogens with zero attached hydrogens (tertiary/aromatic N) is 5. The minimum Gasteiger partial charge on any atom is -0.465 e. The average Bonchev–Trinajstić information content (AvgIpc) is 3.58. The van der Waals surface area contributed by atoms with Crippen molar-refractivity contribution in [2.45, 2.75) is 26.3 Å². The number of ether oxygens (including phenoxy) is 1. The Kier molecular flexibility index (Phi) is 5.70. The normalized spacial score (nSPS) is 11.2. The number of aryl methyl sites for hydroxylation is 1. The van der Waals surface area contributed by atoms with Crippen molar-refractivity contribution in [1.29, 1.82) is 0 Å². The first-order valence-corrected chi connectivity index (χ1v) is 11.5. The van der Waals surface area contributed by atoms with Gasteiger partial charge in [0.25, 0.3) is 0 Å². The van der Waals surface area contributed by atoms with Crippen molar-refractivity contribution in [3.8, 4) is 22.5 Å². The number of carbonyl (C=O) groups excluding carboxylic acids is 1. The summed E-state index contributed by atoms with van der Waals surface area (Å²) < 4.78 is 7.14. The van der Waals surface area contributed by atoms with Gasteiger partial charge in [0, 0.05) is 23.9 Å². The molecule has 0 saturated heterocycles. The molecule has 2 aromatic carbocycles. The molecule has 5 aromatic rings. The zero-order chi connectivity index (χ0) is 22.8. The molecule has 0 saturated carbocycles. The Morgan fingerprint density at radius 1 is 1.12 bits per heavy atom. The van der Waals surface area contributed by atoms with Crippen LogP contribution in [-0.2, 0) is 17.7 Å². The van der Waals surface area contributed by atoms with Crippen LogP contribution in [0.1, 0.15) is 34.4 Å². The number of methoxy groups -OCH3 is 1. The molecule has 0 amide bonds. The summed E-state index contributed by atoms with van der Waals surface area (Å²) in [6.07, 6.45) is 1.82. The van der Waals surface area contributed by atoms with Gasteiger partial charge in [0.2, 0.25) is 5.82 Å². The van der Waals surface area contributed by atoms with Crippen LogP contribution in [0.15, 0.2) is 53.9 Å². The van der Waals surface area contributed by atoms with Gasteiger partial charge in [0.1, 0.15) is 16.2 Å². The molecule has 0 fully saturated rings. The third-order valence-electron chi connectivity index (χ3n) is 5.54. The number of fused-ring (bicyclic) bond motifs is 1. The zero-order valence-electron chi connectivity index (χ0n) is 18.3. The summed E-state index contributed by atoms with van der Waals surface area (Å²) in [7, 11) is 1.41. The van der Waals surface area contributed by atoms with E-state index >= 15 is 0 Å². The van der Waals surface area contributed by atoms with Crippen molar-refractivity contribution in [2.75, 3.05) is 7.11 Å². The highest BCUT2D eigenvalue weighted by molar-refractivity contribution is 7.13. The van der Waals surface area contributed by atoms with E-state index < -0.39 is 0 Å². The summed E-state index contributed by atoms with van der Waals surface area (Å²) in [6, 6.07) is 16.4. The Balaban J connectivity index is 1.50. The molecule has 166 valence electrons. The van der Waals surface area contributed by atoms with E-state index in [0.717, 1.165) is 52.0 Å². The van der Waals surface area contributed by atoms with Crippen LogP contribution in [0.5, 0.6) is 0 Å². The van der Waals surface area contributed by atoms with Crippen molar-refractivity contribution in [1.82, 2.24) is 30.2 Å². The fourth-order valence-electron chi connectivity index (χ4n) is 4.01. The number of nitrogens with one attached hydrogen (secondary N) is 1. The minimum absolute atomic E-state index is 0.326. The molecule has 0 unspecified atom stereocenters. The lowest BCUT2D eigenvalue weighted by Gasteiger charge is -2.11. The smallest absolute Gasteiger partial charge is 0.350 e. The highest BCUT2D eigenvalue weighted by atomic mass is 32.1. The Bertz CT molecular complexity index is 1400. The number of tetrazole rings is 1. The predicted molar refractivity (Wildman–Crippen MR) is 127 cm³/mol. The number of carbonyl (C=O) groups is 1. The SMILES string of the molecule is CCCc1nc2csc(C(=O)OC)c2n1Cc1ccc(-c2ccccc2-c2nn[nH]n2)cc1. The van der Waals surface area contributed by atoms with Crippen molar-refractivity contribution >= 4 is 28.3 Å². The first-order chi connectivity index (χ1) is 16.2. The topological polar surface area (TPSA) is 98.6 Å². The van der Waals surface area contributed by atoms with E-state index in [2.05, 4.69) is 56.4 Å². The molecule has 5 rings (SSSR count). The number of esters is 1. The molecule has 3 heterocycles. The molecule has 0 spiro atoms. The monoisotopic (exact) mass is 458 g/mol. The largest absolute Gasteiger partial charge is 0.465 e. The predicted octanol–water partition coefficient (Wildman–Crippen LogP) is 4.73. The van der Waals surface area contributed by atoms with Gasteiger partial charge in [-0.1, -0.05) is 55.5 Å². The van der Waals surface area contributed by atoms with Gasteiger partial charge in [-0.2, -0.15) is 5.21 Å². The number of aromatic amines is 1. The van der Waals surface area contributed by atoms with Gasteiger partial charge >= 0.3 is 5.97 Å². The first kappa shape index (κ1) is 21.0. The lowest BCUT2D eigenvalue weighted by atomic mass is 9.98. The number of imidazole rings is 1. The average molecular weight is 459 g/mol. The molecule has 33 heavy (non-hydrogen) atoms. The van der Waals surface area contributed by atoms with Crippen LogP contribution < -0.4 is 0 Å². The standard InChI is InChI=1S/C24H22N6O2S/c1-3-6-20-25-19-14-33-22(24(31)32-2)21(19)30(20)13-15-9-11-16(12-10-15)17-7-4-5-8-18(17)23-26-28-29-27-23/h4-5,7-12,14H,3,6,13H2,1-2H3,(H,26,27,28,29). The molecular formula is C24H22N6O2S. The third kappa shape index (κ3) is 3.91. The van der Waals surface area contributed by atoms with Crippen LogP contribution in [-0.4, -0.2) is 43.3 Å². The second kappa shape index (κ2) is 8.95. The zero-order valence-corrected chi connectivity index (χ0v) is 19.1. The van der Waals surface area contributed by atoms with Crippen molar-refractivity contribution in [3.63, 3.8) is 0 Å². The Hall–Kier alpha value is -3.85. The lowest BCUT2D eigenvalue weighted by molar-refractivity contribution is 0.0608. The summed E-state index contributed by atoms with van der Waals surface area (Å²) in [4.78, 5) is 17.7. The lowest BCUT2D eigenvalue weighted by Crippen LogP contribution is -2.08. The van der Waals surface area contributed by atoms with E-state index in [0.29, 0.717) is 17.2 Å². The molecular weight excluding hydrogens is 436 g/mol. The molecule has 0 aliphatic carbocycles. The molecule has 9 heteroatoms. The maximum atomic E-state index is 12.3. The number of benzene rings is 2. The van der Waals surface area contributed by atoms with E-state index in [1.54, 1.807) is 0 Å². The first-order valence-electron chi connectivity index (χ1n) is 10.7. The Labute approximate surface area is 194 Å². The number of hydrogen-bond acceptors (Lipinski definition) is 7. The highest BCUT2D eigenvalue weighted by Gasteiger charge is 2.21. The minimum atomic E-state index is -0.326. The van der Waals surface area contributed by atoms with Crippen LogP contribution in [0, 0.1) is 0 Å². The van der Waals surface area contributed by atoms with Gasteiger partial charge in [0.15, 0.2) is 0 Å². The van der Waals surface area contributed by atoms with E-state index in [1.807, 2.05) is 29.6 Å². The maximum Gasteiger partial charge on any atom is 0.350 e. The molecule has 3 aromatic heterocycles. The Morgan fingerprint density at radius 2 is 1.91 bits per heavy atom. The summed E-state index contributed by atoms with van der Waals surface area (Å²) in [5.41, 5.74) is 5.83. The molecule has 1 N–H and O–H groups in total. The van der Waals surface area contributed by atoms with E-state index in [9.17, 15) is 4.79 Å². The van der Waals surface area contributed by atoms with Crippen LogP contribution in [0.4, 0.5) is 0 Å². The van der Waals surface area contributed by atoms with Gasteiger partial charge in [-0.3, -0.25) is 0 Å². The Morgan fingerprint density at radius 3 is 2.61 bits per heavy atom.